The molecule has 1 heterocycles. The third-order valence-corrected chi connectivity index (χ3v) is 3.31. The highest BCUT2D eigenvalue weighted by Gasteiger charge is 2.36. The molecule has 0 fully saturated rings. The minimum atomic E-state index is -1.42. The minimum Gasteiger partial charge on any atom is -0.465 e. The Morgan fingerprint density at radius 1 is 1.04 bits per heavy atom. The zero-order valence-corrected chi connectivity index (χ0v) is 13.6. The summed E-state index contributed by atoms with van der Waals surface area (Å²) in [6, 6.07) is 2.77. The number of rotatable bonds is 6. The summed E-state index contributed by atoms with van der Waals surface area (Å²) in [6.07, 6.45) is 0. The molecule has 0 N–H and O–H groups in total. The topological polar surface area (TPSA) is 97.4 Å². The molecule has 1 aromatic rings. The van der Waals surface area contributed by atoms with Crippen molar-refractivity contribution in [3.8, 4) is 11.5 Å². The first-order valence-electron chi connectivity index (χ1n) is 7.38. The summed E-state index contributed by atoms with van der Waals surface area (Å²) in [6.45, 7) is 3.35. The lowest BCUT2D eigenvalue weighted by Gasteiger charge is -2.17. The van der Waals surface area contributed by atoms with Gasteiger partial charge in [0, 0.05) is 0 Å². The smallest absolute Gasteiger partial charge is 0.338 e. The van der Waals surface area contributed by atoms with Crippen molar-refractivity contribution in [3.05, 3.63) is 23.3 Å². The van der Waals surface area contributed by atoms with Gasteiger partial charge in [-0.1, -0.05) is 0 Å². The fourth-order valence-corrected chi connectivity index (χ4v) is 2.28. The number of hydrogen-bond acceptors (Lipinski definition) is 8. The third-order valence-electron chi connectivity index (χ3n) is 3.31. The molecule has 130 valence electrons. The molecule has 0 amide bonds. The van der Waals surface area contributed by atoms with Crippen molar-refractivity contribution in [2.75, 3.05) is 27.1 Å². The fraction of sp³-hybridized carbons (Fsp3) is 0.438. The van der Waals surface area contributed by atoms with E-state index in [0.29, 0.717) is 11.5 Å². The monoisotopic (exact) mass is 338 g/mol. The summed E-state index contributed by atoms with van der Waals surface area (Å²) in [5.41, 5.74) is 0.0934. The highest BCUT2D eigenvalue weighted by atomic mass is 16.7. The van der Waals surface area contributed by atoms with Crippen LogP contribution in [0.15, 0.2) is 12.1 Å². The molecule has 0 saturated carbocycles. The molecule has 2 rings (SSSR count). The molecular formula is C16H18O8. The number of carbonyl (C=O) groups excluding carboxylic acids is 3. The van der Waals surface area contributed by atoms with Crippen molar-refractivity contribution < 1.29 is 38.1 Å². The number of fused-ring (bicyclic) bond motifs is 1. The Balaban J connectivity index is 2.56. The number of hydrogen-bond donors (Lipinski definition) is 0. The predicted molar refractivity (Wildman–Crippen MR) is 79.9 cm³/mol. The van der Waals surface area contributed by atoms with E-state index in [1.165, 1.54) is 19.2 Å². The first kappa shape index (κ1) is 17.6. The van der Waals surface area contributed by atoms with Crippen molar-refractivity contribution in [2.45, 2.75) is 19.8 Å². The molecule has 0 atom stereocenters. The lowest BCUT2D eigenvalue weighted by Crippen LogP contribution is -2.28. The fourth-order valence-electron chi connectivity index (χ4n) is 2.28. The Morgan fingerprint density at radius 2 is 1.58 bits per heavy atom. The molecule has 0 bridgehead atoms. The maximum Gasteiger partial charge on any atom is 0.338 e. The van der Waals surface area contributed by atoms with Gasteiger partial charge < -0.3 is 23.7 Å². The van der Waals surface area contributed by atoms with E-state index >= 15 is 0 Å². The maximum atomic E-state index is 12.3. The van der Waals surface area contributed by atoms with E-state index < -0.39 is 23.8 Å². The molecule has 1 aliphatic heterocycles. The van der Waals surface area contributed by atoms with Gasteiger partial charge >= 0.3 is 17.9 Å². The van der Waals surface area contributed by atoms with Gasteiger partial charge in [0.2, 0.25) is 6.79 Å². The zero-order valence-electron chi connectivity index (χ0n) is 13.6. The largest absolute Gasteiger partial charge is 0.465 e. The molecule has 0 saturated heterocycles. The lowest BCUT2D eigenvalue weighted by atomic mass is 9.93. The molecule has 0 spiro atoms. The molecule has 1 aromatic carbocycles. The molecule has 0 radical (unpaired) electrons. The minimum absolute atomic E-state index is 0.00727. The van der Waals surface area contributed by atoms with Gasteiger partial charge in [0.25, 0.3) is 0 Å². The van der Waals surface area contributed by atoms with Gasteiger partial charge in [-0.3, -0.25) is 9.59 Å². The van der Waals surface area contributed by atoms with Crippen molar-refractivity contribution in [3.63, 3.8) is 0 Å². The predicted octanol–water partition coefficient (Wildman–Crippen LogP) is 1.41. The lowest BCUT2D eigenvalue weighted by molar-refractivity contribution is -0.156. The van der Waals surface area contributed by atoms with Gasteiger partial charge in [-0.2, -0.15) is 0 Å². The number of esters is 3. The quantitative estimate of drug-likeness (QED) is 0.436. The molecule has 24 heavy (non-hydrogen) atoms. The summed E-state index contributed by atoms with van der Waals surface area (Å²) >= 11 is 0. The molecule has 1 aliphatic rings. The van der Waals surface area contributed by atoms with Crippen LogP contribution in [0.4, 0.5) is 0 Å². The molecule has 0 unspecified atom stereocenters. The average Bonchev–Trinajstić information content (AvgIpc) is 3.01. The van der Waals surface area contributed by atoms with Gasteiger partial charge in [-0.25, -0.2) is 4.79 Å². The van der Waals surface area contributed by atoms with Gasteiger partial charge in [0.1, 0.15) is 0 Å². The molecule has 0 aliphatic carbocycles. The molecule has 8 heteroatoms. The van der Waals surface area contributed by atoms with Gasteiger partial charge in [-0.15, -0.1) is 0 Å². The Labute approximate surface area is 138 Å². The van der Waals surface area contributed by atoms with Crippen LogP contribution >= 0.6 is 0 Å². The Bertz CT molecular complexity index is 634. The van der Waals surface area contributed by atoms with Crippen LogP contribution in [-0.4, -0.2) is 45.0 Å². The van der Waals surface area contributed by atoms with E-state index in [-0.39, 0.29) is 31.1 Å². The van der Waals surface area contributed by atoms with Crippen LogP contribution in [-0.2, 0) is 23.8 Å². The second-order valence-electron chi connectivity index (χ2n) is 4.72. The van der Waals surface area contributed by atoms with E-state index in [2.05, 4.69) is 0 Å². The molecule has 8 nitrogen and oxygen atoms in total. The summed E-state index contributed by atoms with van der Waals surface area (Å²) in [4.78, 5) is 36.6. The van der Waals surface area contributed by atoms with Crippen LogP contribution in [0.3, 0.4) is 0 Å². The first-order chi connectivity index (χ1) is 11.5. The first-order valence-corrected chi connectivity index (χ1v) is 7.38. The summed E-state index contributed by atoms with van der Waals surface area (Å²) in [7, 11) is 1.19. The van der Waals surface area contributed by atoms with Crippen LogP contribution < -0.4 is 9.47 Å². The average molecular weight is 338 g/mol. The van der Waals surface area contributed by atoms with Crippen molar-refractivity contribution in [2.24, 2.45) is 0 Å². The standard InChI is InChI=1S/C16H18O8/c1-4-21-15(18)13(16(19)22-5-2)9-6-11-12(24-8-23-11)7-10(9)14(17)20-3/h6-7,13H,4-5,8H2,1-3H3. The number of benzene rings is 1. The maximum absolute atomic E-state index is 12.3. The van der Waals surface area contributed by atoms with Gasteiger partial charge in [0.15, 0.2) is 17.4 Å². The second kappa shape index (κ2) is 7.67. The van der Waals surface area contributed by atoms with Gasteiger partial charge in [0.05, 0.1) is 25.9 Å². The zero-order chi connectivity index (χ0) is 17.7. The van der Waals surface area contributed by atoms with E-state index in [1.807, 2.05) is 0 Å². The molecule has 0 aromatic heterocycles. The number of carbonyl (C=O) groups is 3. The van der Waals surface area contributed by atoms with E-state index in [4.69, 9.17) is 23.7 Å². The highest BCUT2D eigenvalue weighted by molar-refractivity contribution is 6.04. The van der Waals surface area contributed by atoms with Crippen LogP contribution in [0.2, 0.25) is 0 Å². The Kier molecular flexibility index (Phi) is 5.62. The normalized spacial score (nSPS) is 12.0. The Hall–Kier alpha value is -2.77. The molecular weight excluding hydrogens is 320 g/mol. The second-order valence-corrected chi connectivity index (χ2v) is 4.72. The summed E-state index contributed by atoms with van der Waals surface area (Å²) in [5.74, 6) is -3.14. The summed E-state index contributed by atoms with van der Waals surface area (Å²) < 4.78 is 25.1. The van der Waals surface area contributed by atoms with Crippen molar-refractivity contribution >= 4 is 17.9 Å². The number of ether oxygens (including phenoxy) is 5. The summed E-state index contributed by atoms with van der Waals surface area (Å²) in [5, 5.41) is 0. The van der Waals surface area contributed by atoms with Crippen LogP contribution in [0.1, 0.15) is 35.7 Å². The van der Waals surface area contributed by atoms with Crippen LogP contribution in [0.25, 0.3) is 0 Å². The van der Waals surface area contributed by atoms with Crippen molar-refractivity contribution in [1.82, 2.24) is 0 Å². The van der Waals surface area contributed by atoms with E-state index in [1.54, 1.807) is 13.8 Å². The highest BCUT2D eigenvalue weighted by Crippen LogP contribution is 2.38. The van der Waals surface area contributed by atoms with E-state index in [0.717, 1.165) is 0 Å². The number of methoxy groups -OCH3 is 1. The van der Waals surface area contributed by atoms with Crippen molar-refractivity contribution in [1.29, 1.82) is 0 Å². The van der Waals surface area contributed by atoms with Crippen LogP contribution in [0.5, 0.6) is 11.5 Å². The SMILES string of the molecule is CCOC(=O)C(C(=O)OCC)c1cc2c(cc1C(=O)OC)OCO2. The van der Waals surface area contributed by atoms with Crippen LogP contribution in [0, 0.1) is 0 Å². The van der Waals surface area contributed by atoms with E-state index in [9.17, 15) is 14.4 Å². The van der Waals surface area contributed by atoms with Gasteiger partial charge in [-0.05, 0) is 31.5 Å². The Morgan fingerprint density at radius 3 is 2.08 bits per heavy atom. The third kappa shape index (κ3) is 3.42.